The molecule has 1 aliphatic heterocycles. The number of amides is 1. The fourth-order valence-corrected chi connectivity index (χ4v) is 1.89. The number of rotatable bonds is 3. The Morgan fingerprint density at radius 2 is 2.50 bits per heavy atom. The smallest absolute Gasteiger partial charge is 0.251 e. The van der Waals surface area contributed by atoms with Crippen LogP contribution in [-0.2, 0) is 29.5 Å². The SMILES string of the molecule is COCC(=O)Nc1c2c(nn1C)CCNC2. The molecule has 2 N–H and O–H groups in total. The molecule has 2 rings (SSSR count). The van der Waals surface area contributed by atoms with Crippen LogP contribution < -0.4 is 10.6 Å². The molecular formula is C10H16N4O2. The number of carbonyl (C=O) groups excluding carboxylic acids is 1. The van der Waals surface area contributed by atoms with Crippen LogP contribution in [0.2, 0.25) is 0 Å². The monoisotopic (exact) mass is 224 g/mol. The van der Waals surface area contributed by atoms with Gasteiger partial charge in [0.25, 0.3) is 5.91 Å². The quantitative estimate of drug-likeness (QED) is 0.736. The molecule has 16 heavy (non-hydrogen) atoms. The summed E-state index contributed by atoms with van der Waals surface area (Å²) in [4.78, 5) is 11.5. The first-order valence-electron chi connectivity index (χ1n) is 5.26. The summed E-state index contributed by atoms with van der Waals surface area (Å²) in [7, 11) is 3.33. The first-order valence-corrected chi connectivity index (χ1v) is 5.26. The molecule has 1 aromatic heterocycles. The Hall–Kier alpha value is -1.40. The number of nitrogens with zero attached hydrogens (tertiary/aromatic N) is 2. The Balaban J connectivity index is 2.19. The molecule has 0 aromatic carbocycles. The van der Waals surface area contributed by atoms with Crippen molar-refractivity contribution in [3.8, 4) is 0 Å². The predicted octanol–water partition coefficient (Wildman–Crippen LogP) is -0.349. The van der Waals surface area contributed by atoms with E-state index >= 15 is 0 Å². The van der Waals surface area contributed by atoms with Crippen LogP contribution in [0.3, 0.4) is 0 Å². The summed E-state index contributed by atoms with van der Waals surface area (Å²) in [6.45, 7) is 1.76. The van der Waals surface area contributed by atoms with E-state index in [0.717, 1.165) is 36.6 Å². The average Bonchev–Trinajstić information content (AvgIpc) is 2.56. The highest BCUT2D eigenvalue weighted by Gasteiger charge is 2.20. The number of methoxy groups -OCH3 is 1. The number of nitrogens with one attached hydrogen (secondary N) is 2. The van der Waals surface area contributed by atoms with Crippen molar-refractivity contribution < 1.29 is 9.53 Å². The third-order valence-corrected chi connectivity index (χ3v) is 2.60. The van der Waals surface area contributed by atoms with E-state index in [9.17, 15) is 4.79 Å². The summed E-state index contributed by atoms with van der Waals surface area (Å²) in [5.41, 5.74) is 2.15. The normalized spacial score (nSPS) is 14.6. The van der Waals surface area contributed by atoms with Gasteiger partial charge in [0.2, 0.25) is 0 Å². The minimum atomic E-state index is -0.154. The van der Waals surface area contributed by atoms with Crippen molar-refractivity contribution in [1.82, 2.24) is 15.1 Å². The van der Waals surface area contributed by atoms with Crippen LogP contribution in [-0.4, -0.2) is 35.9 Å². The van der Waals surface area contributed by atoms with Gasteiger partial charge in [-0.3, -0.25) is 9.48 Å². The second-order valence-corrected chi connectivity index (χ2v) is 3.81. The van der Waals surface area contributed by atoms with E-state index in [-0.39, 0.29) is 12.5 Å². The zero-order chi connectivity index (χ0) is 11.5. The Kier molecular flexibility index (Phi) is 3.21. The number of aromatic nitrogens is 2. The van der Waals surface area contributed by atoms with E-state index in [1.165, 1.54) is 7.11 Å². The minimum absolute atomic E-state index is 0.0629. The number of hydrogen-bond donors (Lipinski definition) is 2. The molecule has 1 aliphatic rings. The van der Waals surface area contributed by atoms with Gasteiger partial charge >= 0.3 is 0 Å². The molecular weight excluding hydrogens is 208 g/mol. The van der Waals surface area contributed by atoms with Gasteiger partial charge in [0.1, 0.15) is 12.4 Å². The summed E-state index contributed by atoms with van der Waals surface area (Å²) in [6.07, 6.45) is 0.906. The summed E-state index contributed by atoms with van der Waals surface area (Å²) < 4.78 is 6.49. The van der Waals surface area contributed by atoms with Gasteiger partial charge in [0.05, 0.1) is 5.69 Å². The molecule has 0 saturated carbocycles. The van der Waals surface area contributed by atoms with E-state index in [1.54, 1.807) is 4.68 Å². The van der Waals surface area contributed by atoms with Gasteiger partial charge in [0, 0.05) is 39.2 Å². The van der Waals surface area contributed by atoms with Crippen LogP contribution in [0.5, 0.6) is 0 Å². The van der Waals surface area contributed by atoms with Gasteiger partial charge in [-0.25, -0.2) is 0 Å². The second-order valence-electron chi connectivity index (χ2n) is 3.81. The molecule has 0 fully saturated rings. The van der Waals surface area contributed by atoms with Crippen LogP contribution in [0.1, 0.15) is 11.3 Å². The summed E-state index contributed by atoms with van der Waals surface area (Å²) in [6, 6.07) is 0. The maximum atomic E-state index is 11.5. The van der Waals surface area contributed by atoms with Crippen molar-refractivity contribution >= 4 is 11.7 Å². The number of aryl methyl sites for hydroxylation is 1. The maximum absolute atomic E-state index is 11.5. The van der Waals surface area contributed by atoms with Crippen molar-refractivity contribution in [3.05, 3.63) is 11.3 Å². The lowest BCUT2D eigenvalue weighted by molar-refractivity contribution is -0.119. The average molecular weight is 224 g/mol. The van der Waals surface area contributed by atoms with Gasteiger partial charge in [0.15, 0.2) is 0 Å². The molecule has 0 aliphatic carbocycles. The van der Waals surface area contributed by atoms with Crippen LogP contribution in [0, 0.1) is 0 Å². The van der Waals surface area contributed by atoms with Crippen LogP contribution >= 0.6 is 0 Å². The molecule has 6 nitrogen and oxygen atoms in total. The van der Waals surface area contributed by atoms with Crippen molar-refractivity contribution in [1.29, 1.82) is 0 Å². The predicted molar refractivity (Wildman–Crippen MR) is 59.1 cm³/mol. The van der Waals surface area contributed by atoms with Gasteiger partial charge in [-0.15, -0.1) is 0 Å². The number of carbonyl (C=O) groups is 1. The summed E-state index contributed by atoms with van der Waals surface area (Å²) >= 11 is 0. The molecule has 6 heteroatoms. The summed E-state index contributed by atoms with van der Waals surface area (Å²) in [5, 5.41) is 10.5. The molecule has 1 amide bonds. The summed E-state index contributed by atoms with van der Waals surface area (Å²) in [5.74, 6) is 0.614. The third kappa shape index (κ3) is 2.07. The zero-order valence-corrected chi connectivity index (χ0v) is 9.54. The first-order chi connectivity index (χ1) is 7.72. The van der Waals surface area contributed by atoms with E-state index in [1.807, 2.05) is 7.05 Å². The number of ether oxygens (including phenoxy) is 1. The molecule has 0 atom stereocenters. The first kappa shape index (κ1) is 11.1. The second kappa shape index (κ2) is 4.63. The lowest BCUT2D eigenvalue weighted by Crippen LogP contribution is -2.25. The molecule has 1 aromatic rings. The lowest BCUT2D eigenvalue weighted by atomic mass is 10.1. The highest BCUT2D eigenvalue weighted by Crippen LogP contribution is 2.21. The largest absolute Gasteiger partial charge is 0.375 e. The van der Waals surface area contributed by atoms with Crippen molar-refractivity contribution in [2.24, 2.45) is 7.05 Å². The van der Waals surface area contributed by atoms with Gasteiger partial charge in [-0.05, 0) is 0 Å². The zero-order valence-electron chi connectivity index (χ0n) is 9.54. The molecule has 0 radical (unpaired) electrons. The molecule has 88 valence electrons. The molecule has 0 saturated heterocycles. The number of anilines is 1. The fraction of sp³-hybridized carbons (Fsp3) is 0.600. The van der Waals surface area contributed by atoms with E-state index < -0.39 is 0 Å². The molecule has 0 unspecified atom stereocenters. The number of hydrogen-bond acceptors (Lipinski definition) is 4. The van der Waals surface area contributed by atoms with Crippen molar-refractivity contribution in [2.45, 2.75) is 13.0 Å². The van der Waals surface area contributed by atoms with Gasteiger partial charge in [-0.1, -0.05) is 0 Å². The maximum Gasteiger partial charge on any atom is 0.251 e. The van der Waals surface area contributed by atoms with Gasteiger partial charge < -0.3 is 15.4 Å². The Morgan fingerprint density at radius 1 is 1.69 bits per heavy atom. The standard InChI is InChI=1S/C10H16N4O2/c1-14-10(12-9(15)6-16-2)7-5-11-4-3-8(7)13-14/h11H,3-6H2,1-2H3,(H,12,15). The Labute approximate surface area is 94.0 Å². The topological polar surface area (TPSA) is 68.2 Å². The molecule has 0 spiro atoms. The van der Waals surface area contributed by atoms with Crippen molar-refractivity contribution in [3.63, 3.8) is 0 Å². The van der Waals surface area contributed by atoms with E-state index in [4.69, 9.17) is 4.74 Å². The highest BCUT2D eigenvalue weighted by atomic mass is 16.5. The minimum Gasteiger partial charge on any atom is -0.375 e. The van der Waals surface area contributed by atoms with Crippen molar-refractivity contribution in [2.75, 3.05) is 25.6 Å². The van der Waals surface area contributed by atoms with Crippen LogP contribution in [0.4, 0.5) is 5.82 Å². The number of fused-ring (bicyclic) bond motifs is 1. The fourth-order valence-electron chi connectivity index (χ4n) is 1.89. The van der Waals surface area contributed by atoms with Crippen LogP contribution in [0.15, 0.2) is 0 Å². The van der Waals surface area contributed by atoms with E-state index in [2.05, 4.69) is 15.7 Å². The highest BCUT2D eigenvalue weighted by molar-refractivity contribution is 5.91. The Bertz CT molecular complexity index is 400. The third-order valence-electron chi connectivity index (χ3n) is 2.60. The van der Waals surface area contributed by atoms with Crippen LogP contribution in [0.25, 0.3) is 0 Å². The molecule has 0 bridgehead atoms. The Morgan fingerprint density at radius 3 is 3.25 bits per heavy atom. The van der Waals surface area contributed by atoms with Gasteiger partial charge in [-0.2, -0.15) is 5.10 Å². The lowest BCUT2D eigenvalue weighted by Gasteiger charge is -2.13. The molecule has 2 heterocycles. The van der Waals surface area contributed by atoms with E-state index in [0.29, 0.717) is 0 Å².